The number of hydrogen-bond acceptors (Lipinski definition) is 7. The molecule has 1 fully saturated rings. The lowest BCUT2D eigenvalue weighted by atomic mass is 10.0. The summed E-state index contributed by atoms with van der Waals surface area (Å²) in [5.74, 6) is -4.39. The molecule has 218 valence electrons. The van der Waals surface area contributed by atoms with Crippen molar-refractivity contribution < 1.29 is 34.2 Å². The molecule has 8 N–H and O–H groups in total. The molecule has 4 rings (SSSR count). The zero-order valence-corrected chi connectivity index (χ0v) is 22.2. The lowest BCUT2D eigenvalue weighted by Gasteiger charge is -2.28. The molecule has 3 heterocycles. The van der Waals surface area contributed by atoms with E-state index in [0.717, 1.165) is 21.4 Å². The molecule has 3 aromatic rings. The second-order valence-corrected chi connectivity index (χ2v) is 10.0. The van der Waals surface area contributed by atoms with Crippen molar-refractivity contribution in [1.82, 2.24) is 30.5 Å². The predicted molar refractivity (Wildman–Crippen MR) is 145 cm³/mol. The molecule has 4 atom stereocenters. The summed E-state index contributed by atoms with van der Waals surface area (Å²) in [7, 11) is 0. The molecule has 0 radical (unpaired) electrons. The summed E-state index contributed by atoms with van der Waals surface area (Å²) in [4.78, 5) is 73.9. The molecule has 14 heteroatoms. The number of aromatic nitrogens is 3. The summed E-state index contributed by atoms with van der Waals surface area (Å²) < 4.78 is 0. The molecule has 4 unspecified atom stereocenters. The van der Waals surface area contributed by atoms with Crippen LogP contribution >= 0.6 is 0 Å². The highest BCUT2D eigenvalue weighted by molar-refractivity contribution is 5.95. The SMILES string of the molecule is NC(Cc1c[nH]c2ccccc12)C(=O)NC(Cc1cnc[nH]1)C(=O)NC(CCC(=O)O)C(=O)N1CCCC1C(=O)O. The van der Waals surface area contributed by atoms with Crippen LogP contribution in [0.5, 0.6) is 0 Å². The molecule has 0 bridgehead atoms. The first-order chi connectivity index (χ1) is 19.6. The van der Waals surface area contributed by atoms with Gasteiger partial charge < -0.3 is 41.4 Å². The summed E-state index contributed by atoms with van der Waals surface area (Å²) in [5.41, 5.74) is 8.47. The third kappa shape index (κ3) is 7.28. The van der Waals surface area contributed by atoms with Crippen molar-refractivity contribution in [2.75, 3.05) is 6.54 Å². The van der Waals surface area contributed by atoms with E-state index in [1.807, 2.05) is 24.3 Å². The zero-order valence-electron chi connectivity index (χ0n) is 22.2. The molecule has 41 heavy (non-hydrogen) atoms. The quantitative estimate of drug-likeness (QED) is 0.146. The Bertz CT molecular complexity index is 1400. The second kappa shape index (κ2) is 13.1. The highest BCUT2D eigenvalue weighted by Crippen LogP contribution is 2.21. The number of rotatable bonds is 13. The number of likely N-dealkylation sites (tertiary alicyclic amines) is 1. The molecule has 1 aliphatic heterocycles. The summed E-state index contributed by atoms with van der Waals surface area (Å²) in [6.07, 6.45) is 4.87. The topological polar surface area (TPSA) is 224 Å². The third-order valence-electron chi connectivity index (χ3n) is 7.15. The summed E-state index contributed by atoms with van der Waals surface area (Å²) >= 11 is 0. The van der Waals surface area contributed by atoms with E-state index in [-0.39, 0.29) is 32.2 Å². The molecule has 1 saturated heterocycles. The maximum absolute atomic E-state index is 13.5. The molecule has 14 nitrogen and oxygen atoms in total. The molecular weight excluding hydrogens is 534 g/mol. The maximum atomic E-state index is 13.5. The number of carboxylic acids is 2. The number of hydrogen-bond donors (Lipinski definition) is 7. The highest BCUT2D eigenvalue weighted by atomic mass is 16.4. The number of carbonyl (C=O) groups is 5. The van der Waals surface area contributed by atoms with Crippen molar-refractivity contribution in [2.24, 2.45) is 5.73 Å². The van der Waals surface area contributed by atoms with Gasteiger partial charge in [0, 0.05) is 48.4 Å². The van der Waals surface area contributed by atoms with E-state index in [4.69, 9.17) is 5.73 Å². The van der Waals surface area contributed by atoms with Crippen LogP contribution in [0.15, 0.2) is 43.0 Å². The Balaban J connectivity index is 1.49. The first-order valence-corrected chi connectivity index (χ1v) is 13.3. The zero-order chi connectivity index (χ0) is 29.5. The van der Waals surface area contributed by atoms with Gasteiger partial charge >= 0.3 is 11.9 Å². The Morgan fingerprint density at radius 2 is 1.80 bits per heavy atom. The fraction of sp³-hybridized carbons (Fsp3) is 0.407. The Morgan fingerprint density at radius 3 is 2.51 bits per heavy atom. The summed E-state index contributed by atoms with van der Waals surface area (Å²) in [5, 5.41) is 24.8. The second-order valence-electron chi connectivity index (χ2n) is 10.0. The molecule has 1 aromatic carbocycles. The normalized spacial score (nSPS) is 17.1. The fourth-order valence-corrected chi connectivity index (χ4v) is 5.02. The van der Waals surface area contributed by atoms with Crippen LogP contribution in [0.3, 0.4) is 0 Å². The van der Waals surface area contributed by atoms with E-state index in [2.05, 4.69) is 25.6 Å². The van der Waals surface area contributed by atoms with Gasteiger partial charge in [-0.2, -0.15) is 0 Å². The number of aliphatic carboxylic acids is 2. The van der Waals surface area contributed by atoms with Crippen LogP contribution in [0.2, 0.25) is 0 Å². The van der Waals surface area contributed by atoms with E-state index in [1.165, 1.54) is 12.5 Å². The summed E-state index contributed by atoms with van der Waals surface area (Å²) in [6.45, 7) is 0.173. The van der Waals surface area contributed by atoms with Crippen molar-refractivity contribution in [2.45, 2.75) is 62.7 Å². The summed E-state index contributed by atoms with van der Waals surface area (Å²) in [6, 6.07) is 3.01. The molecule has 3 amide bonds. The van der Waals surface area contributed by atoms with E-state index in [9.17, 15) is 34.2 Å². The number of benzene rings is 1. The number of amides is 3. The number of nitrogens with one attached hydrogen (secondary N) is 4. The van der Waals surface area contributed by atoms with Crippen LogP contribution in [0.1, 0.15) is 36.9 Å². The number of carbonyl (C=O) groups excluding carboxylic acids is 3. The third-order valence-corrected chi connectivity index (χ3v) is 7.15. The number of imidazole rings is 1. The molecule has 2 aromatic heterocycles. The van der Waals surface area contributed by atoms with Crippen LogP contribution in [-0.2, 0) is 36.8 Å². The Hall–Kier alpha value is -4.72. The monoisotopic (exact) mass is 567 g/mol. The van der Waals surface area contributed by atoms with Crippen molar-refractivity contribution >= 4 is 40.6 Å². The van der Waals surface area contributed by atoms with Crippen LogP contribution in [-0.4, -0.2) is 90.4 Å². The Kier molecular flexibility index (Phi) is 9.34. The average Bonchev–Trinajstić information content (AvgIpc) is 3.71. The fourth-order valence-electron chi connectivity index (χ4n) is 5.02. The number of H-pyrrole nitrogens is 2. The van der Waals surface area contributed by atoms with Gasteiger partial charge in [-0.25, -0.2) is 9.78 Å². The minimum Gasteiger partial charge on any atom is -0.481 e. The van der Waals surface area contributed by atoms with Crippen molar-refractivity contribution in [3.8, 4) is 0 Å². The van der Waals surface area contributed by atoms with Gasteiger partial charge in [0.05, 0.1) is 12.4 Å². The number of nitrogens with two attached hydrogens (primary N) is 1. The van der Waals surface area contributed by atoms with E-state index >= 15 is 0 Å². The molecule has 1 aliphatic rings. The van der Waals surface area contributed by atoms with Crippen LogP contribution in [0.25, 0.3) is 10.9 Å². The van der Waals surface area contributed by atoms with Gasteiger partial charge in [-0.3, -0.25) is 19.2 Å². The van der Waals surface area contributed by atoms with E-state index in [1.54, 1.807) is 6.20 Å². The Morgan fingerprint density at radius 1 is 1.05 bits per heavy atom. The minimum atomic E-state index is -1.31. The largest absolute Gasteiger partial charge is 0.481 e. The number of para-hydroxylation sites is 1. The standard InChI is InChI=1S/C27H33N7O7/c28-18(10-15-12-30-19-5-2-1-4-17(15)19)24(37)33-21(11-16-13-29-14-31-16)25(38)32-20(7-8-23(35)36)26(39)34-9-3-6-22(34)27(40)41/h1-2,4-5,12-14,18,20-22,30H,3,6-11,28H2,(H,29,31)(H,32,38)(H,33,37)(H,35,36)(H,40,41). The minimum absolute atomic E-state index is 0.0152. The van der Waals surface area contributed by atoms with Crippen molar-refractivity contribution in [3.63, 3.8) is 0 Å². The number of fused-ring (bicyclic) bond motifs is 1. The van der Waals surface area contributed by atoms with Crippen LogP contribution in [0.4, 0.5) is 0 Å². The van der Waals surface area contributed by atoms with Gasteiger partial charge in [-0.05, 0) is 37.3 Å². The molecule has 0 aliphatic carbocycles. The predicted octanol–water partition coefficient (Wildman–Crippen LogP) is -0.0865. The van der Waals surface area contributed by atoms with Gasteiger partial charge in [0.1, 0.15) is 18.1 Å². The smallest absolute Gasteiger partial charge is 0.326 e. The van der Waals surface area contributed by atoms with Crippen LogP contribution in [0, 0.1) is 0 Å². The lowest BCUT2D eigenvalue weighted by molar-refractivity contribution is -0.150. The van der Waals surface area contributed by atoms with Crippen LogP contribution < -0.4 is 16.4 Å². The van der Waals surface area contributed by atoms with E-state index in [0.29, 0.717) is 12.1 Å². The number of aromatic amines is 2. The first-order valence-electron chi connectivity index (χ1n) is 13.3. The highest BCUT2D eigenvalue weighted by Gasteiger charge is 2.38. The Labute approximate surface area is 234 Å². The van der Waals surface area contributed by atoms with Gasteiger partial charge in [-0.15, -0.1) is 0 Å². The lowest BCUT2D eigenvalue weighted by Crippen LogP contribution is -2.58. The van der Waals surface area contributed by atoms with Gasteiger partial charge in [0.2, 0.25) is 17.7 Å². The van der Waals surface area contributed by atoms with Crippen molar-refractivity contribution in [1.29, 1.82) is 0 Å². The molecule has 0 saturated carbocycles. The number of carboxylic acid groups (broad SMARTS) is 2. The van der Waals surface area contributed by atoms with Crippen molar-refractivity contribution in [3.05, 3.63) is 54.2 Å². The maximum Gasteiger partial charge on any atom is 0.326 e. The first kappa shape index (κ1) is 29.3. The van der Waals surface area contributed by atoms with Gasteiger partial charge in [0.15, 0.2) is 0 Å². The number of nitrogens with zero attached hydrogens (tertiary/aromatic N) is 2. The average molecular weight is 568 g/mol. The van der Waals surface area contributed by atoms with Gasteiger partial charge in [0.25, 0.3) is 0 Å². The molecule has 0 spiro atoms. The molecular formula is C27H33N7O7. The van der Waals surface area contributed by atoms with E-state index < -0.39 is 60.2 Å². The van der Waals surface area contributed by atoms with Gasteiger partial charge in [-0.1, -0.05) is 18.2 Å².